The van der Waals surface area contributed by atoms with E-state index in [-0.39, 0.29) is 0 Å². The third kappa shape index (κ3) is 6.81. The average Bonchev–Trinajstić information content (AvgIpc) is 3.04. The van der Waals surface area contributed by atoms with E-state index in [0.717, 1.165) is 49.5 Å². The highest BCUT2D eigenvalue weighted by Crippen LogP contribution is 2.37. The Kier molecular flexibility index (Phi) is 9.26. The number of anilines is 5. The van der Waals surface area contributed by atoms with Crippen LogP contribution in [0.25, 0.3) is 0 Å². The molecule has 1 aromatic heterocycles. The summed E-state index contributed by atoms with van der Waals surface area (Å²) in [4.78, 5) is 29.2. The second-order valence-corrected chi connectivity index (χ2v) is 10.3. The third-order valence-electron chi connectivity index (χ3n) is 7.59. The Hall–Kier alpha value is -4.83. The molecule has 10 heteroatoms. The molecule has 0 spiro atoms. The van der Waals surface area contributed by atoms with Crippen LogP contribution in [0.15, 0.2) is 72.9 Å². The van der Waals surface area contributed by atoms with Gasteiger partial charge >= 0.3 is 6.09 Å². The summed E-state index contributed by atoms with van der Waals surface area (Å²) in [6.45, 7) is 11.2. The van der Waals surface area contributed by atoms with Crippen molar-refractivity contribution in [3.8, 4) is 17.2 Å². The molecule has 0 atom stereocenters. The number of nitrogens with zero attached hydrogens (tertiary/aromatic N) is 5. The van der Waals surface area contributed by atoms with Crippen LogP contribution in [0, 0.1) is 13.8 Å². The number of hydrogen-bond acceptors (Lipinski definition) is 9. The summed E-state index contributed by atoms with van der Waals surface area (Å²) >= 11 is 0. The minimum Gasteiger partial charge on any atom is -0.497 e. The highest BCUT2D eigenvalue weighted by molar-refractivity contribution is 5.98. The van der Waals surface area contributed by atoms with Crippen molar-refractivity contribution in [1.82, 2.24) is 14.9 Å². The molecular weight excluding hydrogens is 544 g/mol. The van der Waals surface area contributed by atoms with E-state index in [9.17, 15) is 4.79 Å². The monoisotopic (exact) mass is 582 g/mol. The lowest BCUT2D eigenvalue weighted by Gasteiger charge is -2.35. The van der Waals surface area contributed by atoms with Gasteiger partial charge in [0.25, 0.3) is 0 Å². The van der Waals surface area contributed by atoms with Gasteiger partial charge in [-0.3, -0.25) is 0 Å². The van der Waals surface area contributed by atoms with Crippen molar-refractivity contribution < 1.29 is 19.0 Å². The van der Waals surface area contributed by atoms with E-state index in [1.165, 1.54) is 17.7 Å². The van der Waals surface area contributed by atoms with E-state index >= 15 is 0 Å². The highest BCUT2D eigenvalue weighted by Gasteiger charge is 2.27. The number of benzene rings is 3. The summed E-state index contributed by atoms with van der Waals surface area (Å²) in [5.41, 5.74) is 4.14. The SMILES string of the molecule is CCN1CCN(c2ccc(Nc3nccc(N(C(=O)Oc4c(C)cccc4C)c4ccc(OC)cc4OC)n3)cc2)CC1. The van der Waals surface area contributed by atoms with Crippen molar-refractivity contribution in [2.24, 2.45) is 0 Å². The molecular formula is C33H38N6O4. The molecule has 224 valence electrons. The number of ether oxygens (including phenoxy) is 3. The summed E-state index contributed by atoms with van der Waals surface area (Å²) < 4.78 is 17.0. The Balaban J connectivity index is 1.43. The lowest BCUT2D eigenvalue weighted by atomic mass is 10.1. The molecule has 1 fully saturated rings. The Morgan fingerprint density at radius 3 is 2.30 bits per heavy atom. The predicted octanol–water partition coefficient (Wildman–Crippen LogP) is 6.33. The molecule has 0 bridgehead atoms. The van der Waals surface area contributed by atoms with Gasteiger partial charge in [-0.25, -0.2) is 14.7 Å². The van der Waals surface area contributed by atoms with Crippen molar-refractivity contribution in [3.05, 3.63) is 84.1 Å². The first kappa shape index (κ1) is 29.7. The molecule has 0 aliphatic carbocycles. The van der Waals surface area contributed by atoms with Gasteiger partial charge in [-0.15, -0.1) is 0 Å². The van der Waals surface area contributed by atoms with Gasteiger partial charge in [-0.1, -0.05) is 25.1 Å². The molecule has 1 aliphatic heterocycles. The zero-order valence-corrected chi connectivity index (χ0v) is 25.3. The van der Waals surface area contributed by atoms with Crippen molar-refractivity contribution in [2.45, 2.75) is 20.8 Å². The predicted molar refractivity (Wildman–Crippen MR) is 170 cm³/mol. The first-order chi connectivity index (χ1) is 20.9. The second kappa shape index (κ2) is 13.4. The van der Waals surface area contributed by atoms with Crippen LogP contribution < -0.4 is 29.3 Å². The standard InChI is InChI=1S/C33H38N6O4/c1-6-37-18-20-38(21-19-37)26-12-10-25(11-13-26)35-32-34-17-16-30(36-32)39(28-15-14-27(41-4)22-29(28)42-5)33(40)43-31-23(2)8-7-9-24(31)3/h7-17,22H,6,18-21H2,1-5H3,(H,34,35,36). The van der Waals surface area contributed by atoms with E-state index in [1.54, 1.807) is 37.6 Å². The lowest BCUT2D eigenvalue weighted by molar-refractivity contribution is 0.209. The van der Waals surface area contributed by atoms with Crippen LogP contribution in [-0.2, 0) is 0 Å². The summed E-state index contributed by atoms with van der Waals surface area (Å²) in [5.74, 6) is 2.14. The van der Waals surface area contributed by atoms with E-state index in [4.69, 9.17) is 19.2 Å². The quantitative estimate of drug-likeness (QED) is 0.243. The van der Waals surface area contributed by atoms with Gasteiger partial charge in [0.15, 0.2) is 0 Å². The zero-order chi connectivity index (χ0) is 30.3. The third-order valence-corrected chi connectivity index (χ3v) is 7.59. The number of piperazine rings is 1. The summed E-state index contributed by atoms with van der Waals surface area (Å²) in [6, 6.07) is 20.8. The number of methoxy groups -OCH3 is 2. The van der Waals surface area contributed by atoms with E-state index in [1.807, 2.05) is 44.2 Å². The summed E-state index contributed by atoms with van der Waals surface area (Å²) in [6.07, 6.45) is 0.958. The molecule has 1 saturated heterocycles. The molecule has 1 aliphatic rings. The van der Waals surface area contributed by atoms with E-state index < -0.39 is 6.09 Å². The van der Waals surface area contributed by atoms with Crippen LogP contribution in [-0.4, -0.2) is 67.9 Å². The fourth-order valence-corrected chi connectivity index (χ4v) is 5.12. The molecule has 4 aromatic rings. The van der Waals surface area contributed by atoms with Crippen LogP contribution in [0.3, 0.4) is 0 Å². The molecule has 1 amide bonds. The zero-order valence-electron chi connectivity index (χ0n) is 25.3. The van der Waals surface area contributed by atoms with Crippen molar-refractivity contribution in [3.63, 3.8) is 0 Å². The van der Waals surface area contributed by atoms with Crippen LogP contribution in [0.1, 0.15) is 18.1 Å². The first-order valence-corrected chi connectivity index (χ1v) is 14.4. The minimum atomic E-state index is -0.641. The number of likely N-dealkylation sites (N-methyl/N-ethyl adjacent to an activating group) is 1. The smallest absolute Gasteiger partial charge is 0.425 e. The largest absolute Gasteiger partial charge is 0.497 e. The number of carbonyl (C=O) groups excluding carboxylic acids is 1. The number of aryl methyl sites for hydroxylation is 2. The molecule has 5 rings (SSSR count). The Morgan fingerprint density at radius 1 is 0.930 bits per heavy atom. The Labute approximate surface area is 252 Å². The molecule has 1 N–H and O–H groups in total. The van der Waals surface area contributed by atoms with Gasteiger partial charge in [-0.05, 0) is 67.9 Å². The normalized spacial score (nSPS) is 13.4. The maximum absolute atomic E-state index is 13.9. The Morgan fingerprint density at radius 2 is 1.65 bits per heavy atom. The van der Waals surface area contributed by atoms with Crippen LogP contribution in [0.5, 0.6) is 17.2 Å². The van der Waals surface area contributed by atoms with E-state index in [2.05, 4.69) is 39.2 Å². The number of hydrogen-bond donors (Lipinski definition) is 1. The Bertz CT molecular complexity index is 1530. The van der Waals surface area contributed by atoms with Crippen molar-refractivity contribution in [1.29, 1.82) is 0 Å². The highest BCUT2D eigenvalue weighted by atomic mass is 16.6. The van der Waals surface area contributed by atoms with Gasteiger partial charge in [-0.2, -0.15) is 4.98 Å². The second-order valence-electron chi connectivity index (χ2n) is 10.3. The van der Waals surface area contributed by atoms with Gasteiger partial charge in [0.05, 0.1) is 19.9 Å². The fraction of sp³-hybridized carbons (Fsp3) is 0.303. The van der Waals surface area contributed by atoms with Crippen molar-refractivity contribution in [2.75, 3.05) is 62.1 Å². The van der Waals surface area contributed by atoms with Gasteiger partial charge in [0, 0.05) is 55.9 Å². The fourth-order valence-electron chi connectivity index (χ4n) is 5.12. The average molecular weight is 583 g/mol. The molecule has 10 nitrogen and oxygen atoms in total. The molecule has 3 aromatic carbocycles. The first-order valence-electron chi connectivity index (χ1n) is 14.4. The van der Waals surface area contributed by atoms with Crippen LogP contribution in [0.2, 0.25) is 0 Å². The van der Waals surface area contributed by atoms with Crippen LogP contribution in [0.4, 0.5) is 33.6 Å². The topological polar surface area (TPSA) is 92.3 Å². The van der Waals surface area contributed by atoms with Gasteiger partial charge in [0.2, 0.25) is 5.95 Å². The maximum Gasteiger partial charge on any atom is 0.425 e. The number of aromatic nitrogens is 2. The van der Waals surface area contributed by atoms with Crippen molar-refractivity contribution >= 4 is 34.9 Å². The number of rotatable bonds is 9. The van der Waals surface area contributed by atoms with E-state index in [0.29, 0.717) is 34.7 Å². The number of carbonyl (C=O) groups is 1. The van der Waals surface area contributed by atoms with Gasteiger partial charge in [0.1, 0.15) is 23.1 Å². The number of amides is 1. The van der Waals surface area contributed by atoms with Crippen LogP contribution >= 0.6 is 0 Å². The summed E-state index contributed by atoms with van der Waals surface area (Å²) in [5, 5.41) is 3.27. The molecule has 43 heavy (non-hydrogen) atoms. The number of para-hydroxylation sites is 1. The summed E-state index contributed by atoms with van der Waals surface area (Å²) in [7, 11) is 3.11. The molecule has 0 unspecified atom stereocenters. The van der Waals surface area contributed by atoms with Gasteiger partial charge < -0.3 is 29.3 Å². The number of nitrogens with one attached hydrogen (secondary N) is 1. The lowest BCUT2D eigenvalue weighted by Crippen LogP contribution is -2.46. The minimum absolute atomic E-state index is 0.308. The molecule has 0 radical (unpaired) electrons. The molecule has 2 heterocycles. The molecule has 0 saturated carbocycles. The maximum atomic E-state index is 13.9.